The van der Waals surface area contributed by atoms with Gasteiger partial charge in [-0.2, -0.15) is 0 Å². The van der Waals surface area contributed by atoms with Crippen LogP contribution in [0.5, 0.6) is 0 Å². The van der Waals surface area contributed by atoms with E-state index in [0.717, 1.165) is 5.56 Å². The molecule has 3 unspecified atom stereocenters. The summed E-state index contributed by atoms with van der Waals surface area (Å²) in [4.78, 5) is 0.298. The summed E-state index contributed by atoms with van der Waals surface area (Å²) in [6, 6.07) is 5.29. The minimum Gasteiger partial charge on any atom is -0.313 e. The van der Waals surface area contributed by atoms with E-state index in [2.05, 4.69) is 5.32 Å². The molecule has 2 rings (SSSR count). The zero-order valence-corrected chi connectivity index (χ0v) is 11.6. The summed E-state index contributed by atoms with van der Waals surface area (Å²) >= 11 is 6.06. The number of hydrogen-bond acceptors (Lipinski definition) is 3. The number of benzene rings is 1. The molecule has 0 fully saturated rings. The van der Waals surface area contributed by atoms with Gasteiger partial charge in [-0.1, -0.05) is 30.7 Å². The molecule has 0 radical (unpaired) electrons. The standard InChI is InChI=1S/C12H16ClNO2S/c1-7-8(2)17(15,16)12-9(11(7)14-3)5-4-6-10(12)13/h4-8,11,14H,1-3H3. The lowest BCUT2D eigenvalue weighted by molar-refractivity contribution is 0.378. The number of nitrogens with one attached hydrogen (secondary N) is 1. The van der Waals surface area contributed by atoms with E-state index in [1.54, 1.807) is 19.1 Å². The van der Waals surface area contributed by atoms with Crippen molar-refractivity contribution in [2.24, 2.45) is 5.92 Å². The number of rotatable bonds is 1. The van der Waals surface area contributed by atoms with Gasteiger partial charge < -0.3 is 5.32 Å². The maximum Gasteiger partial charge on any atom is 0.183 e. The van der Waals surface area contributed by atoms with Gasteiger partial charge in [0.05, 0.1) is 15.2 Å². The molecule has 0 amide bonds. The first-order valence-corrected chi connectivity index (χ1v) is 7.53. The van der Waals surface area contributed by atoms with Gasteiger partial charge in [0.25, 0.3) is 0 Å². The molecule has 5 heteroatoms. The molecular formula is C12H16ClNO2S. The molecule has 1 aromatic rings. The molecule has 0 bridgehead atoms. The fraction of sp³-hybridized carbons (Fsp3) is 0.500. The lowest BCUT2D eigenvalue weighted by Gasteiger charge is -2.35. The molecule has 0 aliphatic carbocycles. The summed E-state index contributed by atoms with van der Waals surface area (Å²) in [6.45, 7) is 3.70. The maximum absolute atomic E-state index is 12.4. The second-order valence-corrected chi connectivity index (χ2v) is 7.18. The number of sulfone groups is 1. The van der Waals surface area contributed by atoms with E-state index in [0.29, 0.717) is 9.92 Å². The van der Waals surface area contributed by atoms with Crippen LogP contribution in [0.4, 0.5) is 0 Å². The lowest BCUT2D eigenvalue weighted by Crippen LogP contribution is -2.40. The Balaban J connectivity index is 2.77. The van der Waals surface area contributed by atoms with Crippen molar-refractivity contribution in [1.82, 2.24) is 5.32 Å². The van der Waals surface area contributed by atoms with E-state index in [4.69, 9.17) is 11.6 Å². The number of halogens is 1. The quantitative estimate of drug-likeness (QED) is 0.855. The van der Waals surface area contributed by atoms with Gasteiger partial charge in [-0.15, -0.1) is 0 Å². The van der Waals surface area contributed by atoms with Crippen molar-refractivity contribution in [3.63, 3.8) is 0 Å². The Kier molecular flexibility index (Phi) is 3.23. The third-order valence-electron chi connectivity index (χ3n) is 3.68. The highest BCUT2D eigenvalue weighted by Crippen LogP contribution is 2.42. The van der Waals surface area contributed by atoms with E-state index in [1.807, 2.05) is 20.0 Å². The Labute approximate surface area is 107 Å². The Morgan fingerprint density at radius 1 is 1.29 bits per heavy atom. The maximum atomic E-state index is 12.4. The minimum absolute atomic E-state index is 0.0240. The summed E-state index contributed by atoms with van der Waals surface area (Å²) in [5, 5.41) is 3.08. The number of fused-ring (bicyclic) bond motifs is 1. The molecule has 94 valence electrons. The van der Waals surface area contributed by atoms with Gasteiger partial charge in [0, 0.05) is 6.04 Å². The van der Waals surface area contributed by atoms with Crippen LogP contribution in [0.15, 0.2) is 23.1 Å². The first-order valence-electron chi connectivity index (χ1n) is 5.60. The molecule has 0 saturated carbocycles. The molecule has 0 aromatic heterocycles. The largest absolute Gasteiger partial charge is 0.313 e. The summed E-state index contributed by atoms with van der Waals surface area (Å²) in [7, 11) is -1.47. The average molecular weight is 274 g/mol. The Bertz CT molecular complexity index is 541. The Hall–Kier alpha value is -0.580. The van der Waals surface area contributed by atoms with E-state index in [9.17, 15) is 8.42 Å². The van der Waals surface area contributed by atoms with Crippen molar-refractivity contribution < 1.29 is 8.42 Å². The number of hydrogen-bond donors (Lipinski definition) is 1. The summed E-state index contributed by atoms with van der Waals surface area (Å²) in [6.07, 6.45) is 0. The van der Waals surface area contributed by atoms with Gasteiger partial charge in [0.2, 0.25) is 0 Å². The van der Waals surface area contributed by atoms with Gasteiger partial charge in [-0.05, 0) is 31.5 Å². The fourth-order valence-electron chi connectivity index (χ4n) is 2.51. The van der Waals surface area contributed by atoms with Crippen LogP contribution in [-0.4, -0.2) is 20.7 Å². The van der Waals surface area contributed by atoms with Gasteiger partial charge in [0.1, 0.15) is 0 Å². The van der Waals surface area contributed by atoms with Crippen LogP contribution in [0.3, 0.4) is 0 Å². The first-order chi connectivity index (χ1) is 7.91. The average Bonchev–Trinajstić information content (AvgIpc) is 2.27. The van der Waals surface area contributed by atoms with Crippen molar-refractivity contribution in [2.75, 3.05) is 7.05 Å². The van der Waals surface area contributed by atoms with E-state index < -0.39 is 15.1 Å². The van der Waals surface area contributed by atoms with Crippen molar-refractivity contribution in [1.29, 1.82) is 0 Å². The first kappa shape index (κ1) is 12.9. The summed E-state index contributed by atoms with van der Waals surface area (Å²) < 4.78 is 24.8. The van der Waals surface area contributed by atoms with Gasteiger partial charge >= 0.3 is 0 Å². The zero-order valence-electron chi connectivity index (χ0n) is 10.1. The Morgan fingerprint density at radius 3 is 2.53 bits per heavy atom. The molecule has 1 aliphatic heterocycles. The smallest absolute Gasteiger partial charge is 0.183 e. The highest BCUT2D eigenvalue weighted by Gasteiger charge is 2.42. The molecule has 1 heterocycles. The van der Waals surface area contributed by atoms with E-state index in [1.165, 1.54) is 0 Å². The van der Waals surface area contributed by atoms with Crippen LogP contribution in [0.1, 0.15) is 25.5 Å². The van der Waals surface area contributed by atoms with Crippen LogP contribution in [-0.2, 0) is 9.84 Å². The molecule has 1 aliphatic rings. The molecule has 3 nitrogen and oxygen atoms in total. The lowest BCUT2D eigenvalue weighted by atomic mass is 9.91. The highest BCUT2D eigenvalue weighted by molar-refractivity contribution is 7.92. The van der Waals surface area contributed by atoms with Crippen LogP contribution in [0, 0.1) is 5.92 Å². The van der Waals surface area contributed by atoms with Gasteiger partial charge in [-0.3, -0.25) is 0 Å². The van der Waals surface area contributed by atoms with Crippen LogP contribution < -0.4 is 5.32 Å². The molecule has 1 aromatic carbocycles. The molecule has 0 saturated heterocycles. The van der Waals surface area contributed by atoms with E-state index in [-0.39, 0.29) is 12.0 Å². The van der Waals surface area contributed by atoms with Gasteiger partial charge in [-0.25, -0.2) is 8.42 Å². The SMILES string of the molecule is CNC1c2cccc(Cl)c2S(=O)(=O)C(C)C1C. The predicted molar refractivity (Wildman–Crippen MR) is 69.1 cm³/mol. The van der Waals surface area contributed by atoms with Crippen molar-refractivity contribution in [3.8, 4) is 0 Å². The van der Waals surface area contributed by atoms with Crippen LogP contribution >= 0.6 is 11.6 Å². The monoisotopic (exact) mass is 273 g/mol. The topological polar surface area (TPSA) is 46.2 Å². The third kappa shape index (κ3) is 1.79. The minimum atomic E-state index is -3.32. The summed E-state index contributed by atoms with van der Waals surface area (Å²) in [5.41, 5.74) is 0.783. The predicted octanol–water partition coefficient (Wildman–Crippen LogP) is 2.41. The fourth-order valence-corrected chi connectivity index (χ4v) is 4.97. The molecular weight excluding hydrogens is 258 g/mol. The summed E-state index contributed by atoms with van der Waals surface area (Å²) in [5.74, 6) is 0.0240. The molecule has 17 heavy (non-hydrogen) atoms. The zero-order chi connectivity index (χ0) is 12.8. The van der Waals surface area contributed by atoms with Crippen LogP contribution in [0.2, 0.25) is 5.02 Å². The molecule has 1 N–H and O–H groups in total. The normalized spacial score (nSPS) is 30.9. The molecule has 0 spiro atoms. The van der Waals surface area contributed by atoms with Crippen molar-refractivity contribution in [3.05, 3.63) is 28.8 Å². The molecule has 3 atom stereocenters. The van der Waals surface area contributed by atoms with Crippen molar-refractivity contribution >= 4 is 21.4 Å². The van der Waals surface area contributed by atoms with Gasteiger partial charge in [0.15, 0.2) is 9.84 Å². The Morgan fingerprint density at radius 2 is 1.94 bits per heavy atom. The highest BCUT2D eigenvalue weighted by atomic mass is 35.5. The van der Waals surface area contributed by atoms with Crippen LogP contribution in [0.25, 0.3) is 0 Å². The second kappa shape index (κ2) is 4.26. The van der Waals surface area contributed by atoms with E-state index >= 15 is 0 Å². The second-order valence-electron chi connectivity index (χ2n) is 4.53. The van der Waals surface area contributed by atoms with Crippen molar-refractivity contribution in [2.45, 2.75) is 30.0 Å². The third-order valence-corrected chi connectivity index (χ3v) is 6.54.